The van der Waals surface area contributed by atoms with Gasteiger partial charge in [0.15, 0.2) is 5.11 Å². The molecule has 0 fully saturated rings. The van der Waals surface area contributed by atoms with Gasteiger partial charge in [-0.25, -0.2) is 0 Å². The number of nitrogens with zero attached hydrogens (tertiary/aromatic N) is 1. The number of nitro benzene ring substituents is 1. The second kappa shape index (κ2) is 9.44. The number of benzene rings is 2. The number of carbonyl (C=O) groups is 1. The number of thiocarbonyl (C=S) groups is 1. The molecule has 0 aliphatic heterocycles. The van der Waals surface area contributed by atoms with Crippen molar-refractivity contribution in [2.45, 2.75) is 0 Å². The summed E-state index contributed by atoms with van der Waals surface area (Å²) in [6, 6.07) is 12.4. The van der Waals surface area contributed by atoms with Crippen molar-refractivity contribution in [1.82, 2.24) is 5.32 Å². The fourth-order valence-electron chi connectivity index (χ4n) is 2.01. The van der Waals surface area contributed by atoms with Crippen molar-refractivity contribution >= 4 is 34.6 Å². The Morgan fingerprint density at radius 1 is 1.15 bits per heavy atom. The molecule has 1 amide bonds. The molecule has 9 heteroatoms. The first-order valence-corrected chi connectivity index (χ1v) is 7.99. The third-order valence-corrected chi connectivity index (χ3v) is 3.44. The minimum Gasteiger partial charge on any atom is -0.490 e. The zero-order valence-electron chi connectivity index (χ0n) is 13.9. The van der Waals surface area contributed by atoms with Gasteiger partial charge >= 0.3 is 0 Å². The fourth-order valence-corrected chi connectivity index (χ4v) is 2.22. The Balaban J connectivity index is 1.98. The maximum absolute atomic E-state index is 12.4. The van der Waals surface area contributed by atoms with Crippen LogP contribution in [0.15, 0.2) is 48.5 Å². The molecule has 0 aliphatic carbocycles. The van der Waals surface area contributed by atoms with Gasteiger partial charge in [0.1, 0.15) is 12.4 Å². The number of hydrogen-bond donors (Lipinski definition) is 2. The van der Waals surface area contributed by atoms with Gasteiger partial charge in [0.2, 0.25) is 0 Å². The summed E-state index contributed by atoms with van der Waals surface area (Å²) in [5.74, 6) is -0.0161. The number of nitrogens with one attached hydrogen (secondary N) is 2. The summed E-state index contributed by atoms with van der Waals surface area (Å²) in [6.45, 7) is 0.711. The quantitative estimate of drug-likeness (QED) is 0.332. The topological polar surface area (TPSA) is 103 Å². The molecule has 2 aromatic rings. The lowest BCUT2D eigenvalue weighted by molar-refractivity contribution is -0.384. The smallest absolute Gasteiger partial charge is 0.269 e. The number of carbonyl (C=O) groups excluding carboxylic acids is 1. The molecule has 0 aliphatic rings. The summed E-state index contributed by atoms with van der Waals surface area (Å²) in [5, 5.41) is 16.1. The van der Waals surface area contributed by atoms with Crippen molar-refractivity contribution in [3.8, 4) is 5.75 Å². The Bertz CT molecular complexity index is 795. The third kappa shape index (κ3) is 5.50. The minimum absolute atomic E-state index is 0.0346. The molecule has 0 atom stereocenters. The highest BCUT2D eigenvalue weighted by Crippen LogP contribution is 2.18. The highest BCUT2D eigenvalue weighted by Gasteiger charge is 2.14. The molecular formula is C17H17N3O5S. The number of rotatable bonds is 7. The Kier molecular flexibility index (Phi) is 7.01. The van der Waals surface area contributed by atoms with Gasteiger partial charge in [0.05, 0.1) is 17.1 Å². The molecule has 0 bridgehead atoms. The van der Waals surface area contributed by atoms with E-state index in [1.807, 2.05) is 0 Å². The molecule has 2 aromatic carbocycles. The first kappa shape index (κ1) is 19.3. The van der Waals surface area contributed by atoms with E-state index >= 15 is 0 Å². The Morgan fingerprint density at radius 3 is 2.50 bits per heavy atom. The number of ether oxygens (including phenoxy) is 2. The second-order valence-electron chi connectivity index (χ2n) is 5.05. The second-order valence-corrected chi connectivity index (χ2v) is 5.46. The normalized spacial score (nSPS) is 10.0. The molecule has 136 valence electrons. The zero-order chi connectivity index (χ0) is 18.9. The number of hydrogen-bond acceptors (Lipinski definition) is 6. The Labute approximate surface area is 155 Å². The SMILES string of the molecule is COCCOc1ccccc1C(=O)NC(=S)Nc1ccc([N+](=O)[O-])cc1. The average molecular weight is 375 g/mol. The van der Waals surface area contributed by atoms with Gasteiger partial charge in [0, 0.05) is 24.9 Å². The van der Waals surface area contributed by atoms with Crippen LogP contribution in [0.3, 0.4) is 0 Å². The molecule has 2 rings (SSSR count). The molecule has 8 nitrogen and oxygen atoms in total. The summed E-state index contributed by atoms with van der Waals surface area (Å²) in [5.41, 5.74) is 0.814. The van der Waals surface area contributed by atoms with Crippen molar-refractivity contribution in [2.75, 3.05) is 25.6 Å². The first-order chi connectivity index (χ1) is 12.5. The number of anilines is 1. The number of amides is 1. The van der Waals surface area contributed by atoms with Crippen LogP contribution in [0, 0.1) is 10.1 Å². The van der Waals surface area contributed by atoms with E-state index in [9.17, 15) is 14.9 Å². The van der Waals surface area contributed by atoms with Crippen LogP contribution in [0.1, 0.15) is 10.4 Å². The van der Waals surface area contributed by atoms with Crippen LogP contribution in [0.4, 0.5) is 11.4 Å². The monoisotopic (exact) mass is 375 g/mol. The average Bonchev–Trinajstić information content (AvgIpc) is 2.62. The van der Waals surface area contributed by atoms with Crippen molar-refractivity contribution in [2.24, 2.45) is 0 Å². The van der Waals surface area contributed by atoms with Gasteiger partial charge in [-0.2, -0.15) is 0 Å². The largest absolute Gasteiger partial charge is 0.490 e. The van der Waals surface area contributed by atoms with E-state index in [1.165, 1.54) is 24.3 Å². The van der Waals surface area contributed by atoms with Gasteiger partial charge in [-0.05, 0) is 36.5 Å². The van der Waals surface area contributed by atoms with Crippen LogP contribution in [-0.2, 0) is 4.74 Å². The standard InChI is InChI=1S/C17H17N3O5S/c1-24-10-11-25-15-5-3-2-4-14(15)16(21)19-17(26)18-12-6-8-13(9-7-12)20(22)23/h2-9H,10-11H2,1H3,(H2,18,19,21,26). The van der Waals surface area contributed by atoms with Gasteiger partial charge in [-0.1, -0.05) is 12.1 Å². The van der Waals surface area contributed by atoms with E-state index in [1.54, 1.807) is 31.4 Å². The first-order valence-electron chi connectivity index (χ1n) is 7.59. The molecule has 0 saturated carbocycles. The maximum Gasteiger partial charge on any atom is 0.269 e. The van der Waals surface area contributed by atoms with Gasteiger partial charge in [0.25, 0.3) is 11.6 Å². The lowest BCUT2D eigenvalue weighted by Gasteiger charge is -2.13. The Hall–Kier alpha value is -3.04. The van der Waals surface area contributed by atoms with E-state index in [0.717, 1.165) is 0 Å². The van der Waals surface area contributed by atoms with Crippen molar-refractivity contribution in [3.63, 3.8) is 0 Å². The molecule has 0 saturated heterocycles. The summed E-state index contributed by atoms with van der Waals surface area (Å²) in [6.07, 6.45) is 0. The van der Waals surface area contributed by atoms with E-state index in [4.69, 9.17) is 21.7 Å². The maximum atomic E-state index is 12.4. The number of nitro groups is 1. The molecule has 0 heterocycles. The highest BCUT2D eigenvalue weighted by atomic mass is 32.1. The van der Waals surface area contributed by atoms with Crippen LogP contribution in [-0.4, -0.2) is 36.3 Å². The molecule has 2 N–H and O–H groups in total. The lowest BCUT2D eigenvalue weighted by atomic mass is 10.2. The molecule has 26 heavy (non-hydrogen) atoms. The molecule has 0 aromatic heterocycles. The van der Waals surface area contributed by atoms with Gasteiger partial charge in [-0.15, -0.1) is 0 Å². The van der Waals surface area contributed by atoms with Crippen molar-refractivity contribution in [1.29, 1.82) is 0 Å². The van der Waals surface area contributed by atoms with Crippen LogP contribution < -0.4 is 15.4 Å². The van der Waals surface area contributed by atoms with E-state index in [0.29, 0.717) is 30.2 Å². The third-order valence-electron chi connectivity index (χ3n) is 3.24. The minimum atomic E-state index is -0.496. The van der Waals surface area contributed by atoms with E-state index in [-0.39, 0.29) is 10.8 Å². The molecule has 0 spiro atoms. The van der Waals surface area contributed by atoms with E-state index < -0.39 is 10.8 Å². The highest BCUT2D eigenvalue weighted by molar-refractivity contribution is 7.80. The molecule has 0 unspecified atom stereocenters. The van der Waals surface area contributed by atoms with Crippen LogP contribution in [0.5, 0.6) is 5.75 Å². The summed E-state index contributed by atoms with van der Waals surface area (Å²) in [4.78, 5) is 22.6. The van der Waals surface area contributed by atoms with Crippen LogP contribution in [0.25, 0.3) is 0 Å². The summed E-state index contributed by atoms with van der Waals surface area (Å²) in [7, 11) is 1.56. The fraction of sp³-hybridized carbons (Fsp3) is 0.176. The van der Waals surface area contributed by atoms with Crippen molar-refractivity contribution < 1.29 is 19.2 Å². The van der Waals surface area contributed by atoms with Gasteiger partial charge in [-0.3, -0.25) is 20.2 Å². The van der Waals surface area contributed by atoms with Crippen LogP contribution >= 0.6 is 12.2 Å². The molecular weight excluding hydrogens is 358 g/mol. The van der Waals surface area contributed by atoms with E-state index in [2.05, 4.69) is 10.6 Å². The zero-order valence-corrected chi connectivity index (χ0v) is 14.7. The number of para-hydroxylation sites is 1. The predicted molar refractivity (Wildman–Crippen MR) is 101 cm³/mol. The van der Waals surface area contributed by atoms with Gasteiger partial charge < -0.3 is 14.8 Å². The summed E-state index contributed by atoms with van der Waals surface area (Å²) < 4.78 is 10.4. The Morgan fingerprint density at radius 2 is 1.85 bits per heavy atom. The van der Waals surface area contributed by atoms with Crippen LogP contribution in [0.2, 0.25) is 0 Å². The molecule has 0 radical (unpaired) electrons. The summed E-state index contributed by atoms with van der Waals surface area (Å²) >= 11 is 5.11. The predicted octanol–water partition coefficient (Wildman–Crippen LogP) is 2.75. The number of methoxy groups -OCH3 is 1. The van der Waals surface area contributed by atoms with Crippen molar-refractivity contribution in [3.05, 3.63) is 64.2 Å². The lowest BCUT2D eigenvalue weighted by Crippen LogP contribution is -2.34. The number of non-ortho nitro benzene ring substituents is 1.